The molecule has 1 amide bonds. The first kappa shape index (κ1) is 25.0. The highest BCUT2D eigenvalue weighted by molar-refractivity contribution is 7.07. The Hall–Kier alpha value is -3.62. The van der Waals surface area contributed by atoms with Crippen LogP contribution in [0.5, 0.6) is 5.75 Å². The third-order valence-corrected chi connectivity index (χ3v) is 6.63. The number of amides is 1. The minimum atomic E-state index is -1.38. The summed E-state index contributed by atoms with van der Waals surface area (Å²) in [7, 11) is 0. The number of benzene rings is 1. The summed E-state index contributed by atoms with van der Waals surface area (Å²) in [5, 5.41) is 21.4. The molecule has 1 fully saturated rings. The molecule has 0 atom stereocenters. The molecule has 2 heterocycles. The van der Waals surface area contributed by atoms with Crippen LogP contribution < -0.4 is 24.8 Å². The number of carboxylic acids is 1. The lowest BCUT2D eigenvalue weighted by molar-refractivity contribution is -0.135. The topological polar surface area (TPSA) is 128 Å². The van der Waals surface area contributed by atoms with Gasteiger partial charge in [-0.25, -0.2) is 4.79 Å². The molecule has 0 unspecified atom stereocenters. The molecule has 0 spiro atoms. The molecule has 0 aliphatic carbocycles. The van der Waals surface area contributed by atoms with Crippen molar-refractivity contribution in [1.82, 2.24) is 14.4 Å². The number of carbonyl (C=O) groups is 2. The average molecular weight is 486 g/mol. The largest absolute Gasteiger partial charge is 0.484 e. The molecular weight excluding hydrogens is 458 g/mol. The Balaban J connectivity index is 1.71. The smallest absolute Gasteiger partial charge is 0.349 e. The van der Waals surface area contributed by atoms with E-state index in [0.29, 0.717) is 24.5 Å². The first-order valence-corrected chi connectivity index (χ1v) is 11.8. The van der Waals surface area contributed by atoms with Gasteiger partial charge in [0.05, 0.1) is 0 Å². The standard InChI is InChI=1S/C23H27N5O5S/c1-3-26-8-10-27(11-9-26)20(29)15-33-17-7-5-6-16(12-17)25-14-19-21(30)28(4-2)22(34-19)18(13-24)23(31)32/h5-7,12,14,25H,3-4,8-11,15H2,1-2H3,(H,31,32)/b19-14+,22-18-. The zero-order chi connectivity index (χ0) is 24.7. The van der Waals surface area contributed by atoms with E-state index in [2.05, 4.69) is 17.1 Å². The van der Waals surface area contributed by atoms with E-state index in [1.54, 1.807) is 42.2 Å². The number of nitrogens with zero attached hydrogens (tertiary/aromatic N) is 4. The van der Waals surface area contributed by atoms with Crippen molar-refractivity contribution in [2.75, 3.05) is 44.6 Å². The molecule has 3 rings (SSSR count). The van der Waals surface area contributed by atoms with Crippen LogP contribution in [0.4, 0.5) is 5.69 Å². The van der Waals surface area contributed by atoms with Gasteiger partial charge in [0.25, 0.3) is 11.5 Å². The van der Waals surface area contributed by atoms with Gasteiger partial charge in [0.15, 0.2) is 12.2 Å². The fraction of sp³-hybridized carbons (Fsp3) is 0.391. The van der Waals surface area contributed by atoms with Crippen molar-refractivity contribution in [3.63, 3.8) is 0 Å². The first-order valence-electron chi connectivity index (χ1n) is 10.9. The lowest BCUT2D eigenvalue weighted by Gasteiger charge is -2.33. The SMILES string of the molecule is CCN1CCN(C(=O)COc2cccc(N/C=c3/s/c(=C(/C#N)C(=O)O)n(CC)c3=O)c2)CC1. The van der Waals surface area contributed by atoms with Gasteiger partial charge >= 0.3 is 5.97 Å². The number of aliphatic carboxylic acids is 1. The number of rotatable bonds is 8. The van der Waals surface area contributed by atoms with Crippen LogP contribution >= 0.6 is 11.3 Å². The van der Waals surface area contributed by atoms with E-state index in [-0.39, 0.29) is 33.8 Å². The molecule has 1 aliphatic rings. The van der Waals surface area contributed by atoms with Crippen molar-refractivity contribution >= 4 is 40.7 Å². The quantitative estimate of drug-likeness (QED) is 0.538. The number of aromatic nitrogens is 1. The number of nitrogens with one attached hydrogen (secondary N) is 1. The number of hydrogen-bond donors (Lipinski definition) is 2. The number of ether oxygens (including phenoxy) is 1. The van der Waals surface area contributed by atoms with Gasteiger partial charge in [0.2, 0.25) is 0 Å². The van der Waals surface area contributed by atoms with E-state index in [0.717, 1.165) is 31.0 Å². The minimum absolute atomic E-state index is 0.0588. The Labute approximate surface area is 200 Å². The van der Waals surface area contributed by atoms with Crippen molar-refractivity contribution in [3.05, 3.63) is 43.8 Å². The van der Waals surface area contributed by atoms with Gasteiger partial charge in [0.1, 0.15) is 21.0 Å². The molecule has 2 aromatic rings. The summed E-state index contributed by atoms with van der Waals surface area (Å²) in [4.78, 5) is 40.5. The van der Waals surface area contributed by atoms with Crippen molar-refractivity contribution in [2.24, 2.45) is 0 Å². The molecule has 0 saturated carbocycles. The van der Waals surface area contributed by atoms with Crippen LogP contribution in [-0.2, 0) is 16.1 Å². The molecule has 10 nitrogen and oxygen atoms in total. The second-order valence-electron chi connectivity index (χ2n) is 7.53. The Morgan fingerprint density at radius 3 is 2.59 bits per heavy atom. The van der Waals surface area contributed by atoms with Gasteiger partial charge in [-0.1, -0.05) is 13.0 Å². The Morgan fingerprint density at radius 1 is 1.24 bits per heavy atom. The minimum Gasteiger partial charge on any atom is -0.484 e. The Bertz CT molecular complexity index is 1270. The predicted octanol–water partition coefficient (Wildman–Crippen LogP) is 0.0816. The molecule has 0 bridgehead atoms. The highest BCUT2D eigenvalue weighted by atomic mass is 32.1. The number of carbonyl (C=O) groups excluding carboxylic acids is 1. The molecule has 1 aliphatic heterocycles. The number of thiazole rings is 1. The Kier molecular flexibility index (Phi) is 8.45. The third-order valence-electron chi connectivity index (χ3n) is 5.50. The molecular formula is C23H27N5O5S. The molecule has 1 saturated heterocycles. The van der Waals surface area contributed by atoms with Gasteiger partial charge in [-0.05, 0) is 25.6 Å². The summed E-state index contributed by atoms with van der Waals surface area (Å²) in [6, 6.07) is 8.62. The lowest BCUT2D eigenvalue weighted by Crippen LogP contribution is -2.49. The van der Waals surface area contributed by atoms with Crippen molar-refractivity contribution < 1.29 is 19.4 Å². The second-order valence-corrected chi connectivity index (χ2v) is 8.56. The van der Waals surface area contributed by atoms with Crippen LogP contribution in [0.1, 0.15) is 13.8 Å². The summed E-state index contributed by atoms with van der Waals surface area (Å²) in [6.45, 7) is 8.08. The molecule has 180 valence electrons. The maximum atomic E-state index is 12.6. The second kappa shape index (κ2) is 11.5. The molecule has 34 heavy (non-hydrogen) atoms. The zero-order valence-electron chi connectivity index (χ0n) is 19.1. The Morgan fingerprint density at radius 2 is 1.97 bits per heavy atom. The third kappa shape index (κ3) is 5.84. The summed E-state index contributed by atoms with van der Waals surface area (Å²) in [5.41, 5.74) is -0.230. The number of likely N-dealkylation sites (N-methyl/N-ethyl adjacent to an activating group) is 1. The lowest BCUT2D eigenvalue weighted by atomic mass is 10.3. The monoisotopic (exact) mass is 485 g/mol. The van der Waals surface area contributed by atoms with Crippen LogP contribution in [0, 0.1) is 11.3 Å². The van der Waals surface area contributed by atoms with E-state index in [4.69, 9.17) is 10.00 Å². The van der Waals surface area contributed by atoms with Crippen molar-refractivity contribution in [1.29, 1.82) is 5.26 Å². The fourth-order valence-electron chi connectivity index (χ4n) is 3.55. The molecule has 2 N–H and O–H groups in total. The van der Waals surface area contributed by atoms with E-state index < -0.39 is 11.5 Å². The number of nitriles is 1. The van der Waals surface area contributed by atoms with E-state index in [9.17, 15) is 19.5 Å². The van der Waals surface area contributed by atoms with Gasteiger partial charge in [-0.2, -0.15) is 5.26 Å². The van der Waals surface area contributed by atoms with E-state index in [1.165, 1.54) is 10.8 Å². The maximum absolute atomic E-state index is 12.6. The summed E-state index contributed by atoms with van der Waals surface area (Å²) in [6.07, 6.45) is 1.47. The molecule has 1 aromatic carbocycles. The van der Waals surface area contributed by atoms with Crippen LogP contribution in [0.15, 0.2) is 29.1 Å². The average Bonchev–Trinajstić information content (AvgIpc) is 3.16. The van der Waals surface area contributed by atoms with Gasteiger partial charge in [-0.3, -0.25) is 14.2 Å². The zero-order valence-corrected chi connectivity index (χ0v) is 19.9. The molecule has 0 radical (unpaired) electrons. The van der Waals surface area contributed by atoms with Gasteiger partial charge < -0.3 is 25.0 Å². The molecule has 11 heteroatoms. The fourth-order valence-corrected chi connectivity index (χ4v) is 4.63. The van der Waals surface area contributed by atoms with Crippen LogP contribution in [0.3, 0.4) is 0 Å². The number of hydrogen-bond acceptors (Lipinski definition) is 8. The first-order chi connectivity index (χ1) is 16.4. The normalized spacial score (nSPS) is 15.6. The van der Waals surface area contributed by atoms with Crippen LogP contribution in [0.25, 0.3) is 11.8 Å². The van der Waals surface area contributed by atoms with Gasteiger partial charge in [0, 0.05) is 50.7 Å². The number of anilines is 1. The van der Waals surface area contributed by atoms with E-state index >= 15 is 0 Å². The van der Waals surface area contributed by atoms with Crippen molar-refractivity contribution in [2.45, 2.75) is 20.4 Å². The van der Waals surface area contributed by atoms with Crippen LogP contribution in [0.2, 0.25) is 0 Å². The highest BCUT2D eigenvalue weighted by Gasteiger charge is 2.20. The summed E-state index contributed by atoms with van der Waals surface area (Å²) in [5.74, 6) is -0.935. The number of piperazine rings is 1. The predicted molar refractivity (Wildman–Crippen MR) is 129 cm³/mol. The maximum Gasteiger partial charge on any atom is 0.349 e. The highest BCUT2D eigenvalue weighted by Crippen LogP contribution is 2.17. The van der Waals surface area contributed by atoms with E-state index in [1.807, 2.05) is 0 Å². The summed E-state index contributed by atoms with van der Waals surface area (Å²) < 4.78 is 7.30. The van der Waals surface area contributed by atoms with Crippen molar-refractivity contribution in [3.8, 4) is 11.8 Å². The number of carboxylic acid groups (broad SMARTS) is 1. The summed E-state index contributed by atoms with van der Waals surface area (Å²) >= 11 is 0.934. The van der Waals surface area contributed by atoms with Gasteiger partial charge in [-0.15, -0.1) is 11.3 Å². The van der Waals surface area contributed by atoms with Crippen LogP contribution in [-0.4, -0.2) is 70.7 Å². The molecule has 1 aromatic heterocycles.